The van der Waals surface area contributed by atoms with Crippen LogP contribution < -0.4 is 10.5 Å². The minimum atomic E-state index is 0.660. The van der Waals surface area contributed by atoms with Gasteiger partial charge in [0.15, 0.2) is 0 Å². The number of benzene rings is 1. The molecular formula is C12H18BrNOS. The fourth-order valence-electron chi connectivity index (χ4n) is 1.35. The summed E-state index contributed by atoms with van der Waals surface area (Å²) in [5.74, 6) is 3.12. The van der Waals surface area contributed by atoms with Gasteiger partial charge in [-0.3, -0.25) is 0 Å². The number of halogens is 1. The smallest absolute Gasteiger partial charge is 0.119 e. The highest BCUT2D eigenvalue weighted by Gasteiger charge is 2.01. The summed E-state index contributed by atoms with van der Waals surface area (Å²) in [6.45, 7) is 3.58. The molecule has 0 aliphatic rings. The van der Waals surface area contributed by atoms with Crippen molar-refractivity contribution in [2.75, 3.05) is 24.7 Å². The van der Waals surface area contributed by atoms with Gasteiger partial charge >= 0.3 is 0 Å². The minimum absolute atomic E-state index is 0.660. The van der Waals surface area contributed by atoms with Crippen LogP contribution >= 0.6 is 27.7 Å². The van der Waals surface area contributed by atoms with Gasteiger partial charge in [-0.15, -0.1) is 0 Å². The van der Waals surface area contributed by atoms with Crippen LogP contribution in [0.25, 0.3) is 0 Å². The van der Waals surface area contributed by atoms with Gasteiger partial charge in [-0.05, 0) is 42.5 Å². The summed E-state index contributed by atoms with van der Waals surface area (Å²) in [4.78, 5) is 0. The van der Waals surface area contributed by atoms with Crippen molar-refractivity contribution in [3.8, 4) is 5.75 Å². The maximum Gasteiger partial charge on any atom is 0.119 e. The highest BCUT2D eigenvalue weighted by molar-refractivity contribution is 9.10. The molecule has 1 aromatic rings. The molecule has 0 amide bonds. The van der Waals surface area contributed by atoms with Crippen LogP contribution in [0.15, 0.2) is 22.7 Å². The third-order valence-corrected chi connectivity index (χ3v) is 3.77. The fourth-order valence-corrected chi connectivity index (χ4v) is 2.29. The number of rotatable bonds is 7. The first kappa shape index (κ1) is 13.9. The highest BCUT2D eigenvalue weighted by Crippen LogP contribution is 2.23. The van der Waals surface area contributed by atoms with Gasteiger partial charge in [-0.1, -0.05) is 22.9 Å². The third-order valence-electron chi connectivity index (χ3n) is 2.13. The first-order valence-electron chi connectivity index (χ1n) is 5.47. The van der Waals surface area contributed by atoms with Gasteiger partial charge in [0.25, 0.3) is 0 Å². The molecule has 2 nitrogen and oxygen atoms in total. The summed E-state index contributed by atoms with van der Waals surface area (Å²) in [5.41, 5.74) is 6.77. The second-order valence-corrected chi connectivity index (χ2v) is 5.59. The van der Waals surface area contributed by atoms with Crippen molar-refractivity contribution in [3.05, 3.63) is 28.2 Å². The number of ether oxygens (including phenoxy) is 1. The molecule has 4 heteroatoms. The average molecular weight is 304 g/mol. The molecule has 1 rings (SSSR count). The predicted molar refractivity (Wildman–Crippen MR) is 75.4 cm³/mol. The van der Waals surface area contributed by atoms with Crippen LogP contribution in [0.4, 0.5) is 0 Å². The van der Waals surface area contributed by atoms with Crippen molar-refractivity contribution >= 4 is 27.7 Å². The van der Waals surface area contributed by atoms with E-state index in [-0.39, 0.29) is 0 Å². The maximum atomic E-state index is 5.67. The number of hydrogen-bond acceptors (Lipinski definition) is 3. The lowest BCUT2D eigenvalue weighted by atomic mass is 10.1. The van der Waals surface area contributed by atoms with E-state index >= 15 is 0 Å². The van der Waals surface area contributed by atoms with Crippen molar-refractivity contribution in [3.63, 3.8) is 0 Å². The molecule has 90 valence electrons. The molecule has 0 unspecified atom stereocenters. The Morgan fingerprint density at radius 2 is 2.25 bits per heavy atom. The normalized spacial score (nSPS) is 10.4. The van der Waals surface area contributed by atoms with Crippen LogP contribution in [0, 0.1) is 0 Å². The first-order chi connectivity index (χ1) is 7.77. The molecule has 0 aliphatic heterocycles. The summed E-state index contributed by atoms with van der Waals surface area (Å²) in [6, 6.07) is 6.07. The second-order valence-electron chi connectivity index (χ2n) is 3.34. The van der Waals surface area contributed by atoms with Gasteiger partial charge in [-0.2, -0.15) is 11.8 Å². The lowest BCUT2D eigenvalue weighted by molar-refractivity contribution is 0.343. The second kappa shape index (κ2) is 7.98. The monoisotopic (exact) mass is 303 g/mol. The van der Waals surface area contributed by atoms with Gasteiger partial charge in [0.05, 0.1) is 6.61 Å². The van der Waals surface area contributed by atoms with Crippen LogP contribution in [0.3, 0.4) is 0 Å². The molecule has 0 bridgehead atoms. The number of thioether (sulfide) groups is 1. The van der Waals surface area contributed by atoms with Gasteiger partial charge < -0.3 is 10.5 Å². The van der Waals surface area contributed by atoms with E-state index in [0.29, 0.717) is 6.54 Å². The number of nitrogens with two attached hydrogens (primary N) is 1. The molecule has 16 heavy (non-hydrogen) atoms. The molecule has 1 aromatic carbocycles. The van der Waals surface area contributed by atoms with E-state index in [1.54, 1.807) is 0 Å². The first-order valence-corrected chi connectivity index (χ1v) is 7.41. The molecule has 0 radical (unpaired) electrons. The summed E-state index contributed by atoms with van der Waals surface area (Å²) >= 11 is 5.40. The van der Waals surface area contributed by atoms with Crippen LogP contribution in [0.2, 0.25) is 0 Å². The van der Waals surface area contributed by atoms with E-state index in [9.17, 15) is 0 Å². The molecule has 0 spiro atoms. The van der Waals surface area contributed by atoms with E-state index < -0.39 is 0 Å². The topological polar surface area (TPSA) is 35.2 Å². The Balaban J connectivity index is 2.50. The Kier molecular flexibility index (Phi) is 6.92. The van der Waals surface area contributed by atoms with Crippen LogP contribution in [0.1, 0.15) is 12.5 Å². The molecule has 2 N–H and O–H groups in total. The summed E-state index contributed by atoms with van der Waals surface area (Å²) < 4.78 is 6.77. The summed E-state index contributed by atoms with van der Waals surface area (Å²) in [7, 11) is 0. The zero-order chi connectivity index (χ0) is 11.8. The molecule has 0 saturated heterocycles. The molecule has 0 fully saturated rings. The molecule has 0 aliphatic carbocycles. The number of hydrogen-bond donors (Lipinski definition) is 1. The van der Waals surface area contributed by atoms with E-state index in [1.807, 2.05) is 23.9 Å². The Labute approximate surface area is 110 Å². The van der Waals surface area contributed by atoms with Crippen molar-refractivity contribution < 1.29 is 4.74 Å². The van der Waals surface area contributed by atoms with Gasteiger partial charge in [0.1, 0.15) is 5.75 Å². The SMILES string of the molecule is CCSCCOc1ccc(Br)c(CCN)c1. The van der Waals surface area contributed by atoms with E-state index in [1.165, 1.54) is 5.56 Å². The fraction of sp³-hybridized carbons (Fsp3) is 0.500. The third kappa shape index (κ3) is 4.76. The molecule has 0 saturated carbocycles. The zero-order valence-electron chi connectivity index (χ0n) is 9.54. The van der Waals surface area contributed by atoms with Gasteiger partial charge in [0, 0.05) is 10.2 Å². The molecule has 0 aromatic heterocycles. The lowest BCUT2D eigenvalue weighted by Gasteiger charge is -2.09. The van der Waals surface area contributed by atoms with Crippen molar-refractivity contribution in [1.29, 1.82) is 0 Å². The van der Waals surface area contributed by atoms with Crippen molar-refractivity contribution in [2.24, 2.45) is 5.73 Å². The van der Waals surface area contributed by atoms with Crippen molar-refractivity contribution in [1.82, 2.24) is 0 Å². The Morgan fingerprint density at radius 3 is 2.94 bits per heavy atom. The minimum Gasteiger partial charge on any atom is -0.493 e. The predicted octanol–water partition coefficient (Wildman–Crippen LogP) is 3.08. The molecule has 0 atom stereocenters. The Morgan fingerprint density at radius 1 is 1.44 bits per heavy atom. The maximum absolute atomic E-state index is 5.67. The highest BCUT2D eigenvalue weighted by atomic mass is 79.9. The van der Waals surface area contributed by atoms with E-state index in [2.05, 4.69) is 28.9 Å². The van der Waals surface area contributed by atoms with Crippen molar-refractivity contribution in [2.45, 2.75) is 13.3 Å². The van der Waals surface area contributed by atoms with Gasteiger partial charge in [0.2, 0.25) is 0 Å². The molecular weight excluding hydrogens is 286 g/mol. The standard InChI is InChI=1S/C12H18BrNOS/c1-2-16-8-7-15-11-3-4-12(13)10(9-11)5-6-14/h3-4,9H,2,5-8,14H2,1H3. The summed E-state index contributed by atoms with van der Waals surface area (Å²) in [6.07, 6.45) is 0.876. The quantitative estimate of drug-likeness (QED) is 0.786. The van der Waals surface area contributed by atoms with Gasteiger partial charge in [-0.25, -0.2) is 0 Å². The van der Waals surface area contributed by atoms with Crippen LogP contribution in [-0.4, -0.2) is 24.7 Å². The van der Waals surface area contributed by atoms with Crippen LogP contribution in [-0.2, 0) is 6.42 Å². The lowest BCUT2D eigenvalue weighted by Crippen LogP contribution is -2.05. The average Bonchev–Trinajstić information content (AvgIpc) is 2.29. The van der Waals surface area contributed by atoms with Crippen LogP contribution in [0.5, 0.6) is 5.75 Å². The summed E-state index contributed by atoms with van der Waals surface area (Å²) in [5, 5.41) is 0. The Bertz CT molecular complexity index is 320. The van der Waals surface area contributed by atoms with E-state index in [4.69, 9.17) is 10.5 Å². The largest absolute Gasteiger partial charge is 0.493 e. The zero-order valence-corrected chi connectivity index (χ0v) is 11.9. The Hall–Kier alpha value is -0.190. The molecule has 0 heterocycles. The van der Waals surface area contributed by atoms with E-state index in [0.717, 1.165) is 34.8 Å².